The molecule has 0 aliphatic heterocycles. The molecule has 1 aliphatic carbocycles. The van der Waals surface area contributed by atoms with E-state index in [0.717, 1.165) is 6.07 Å². The number of aromatic hydroxyl groups is 2. The maximum Gasteiger partial charge on any atom is 0.339 e. The van der Waals surface area contributed by atoms with Crippen LogP contribution >= 0.6 is 11.6 Å². The van der Waals surface area contributed by atoms with Gasteiger partial charge < -0.3 is 19.7 Å². The van der Waals surface area contributed by atoms with E-state index < -0.39 is 17.5 Å². The van der Waals surface area contributed by atoms with E-state index in [1.807, 2.05) is 0 Å². The Balaban J connectivity index is 2.10. The van der Waals surface area contributed by atoms with Crippen LogP contribution < -0.4 is 5.63 Å². The van der Waals surface area contributed by atoms with Crippen molar-refractivity contribution in [2.24, 2.45) is 0 Å². The van der Waals surface area contributed by atoms with Crippen LogP contribution in [-0.2, 0) is 6.42 Å². The minimum atomic E-state index is -0.928. The summed E-state index contributed by atoms with van der Waals surface area (Å²) < 4.78 is 5.29. The predicted molar refractivity (Wildman–Crippen MR) is 103 cm³/mol. The number of phenols is 1. The lowest BCUT2D eigenvalue weighted by atomic mass is 9.81. The van der Waals surface area contributed by atoms with Gasteiger partial charge in [-0.3, -0.25) is 4.79 Å². The first-order valence-electron chi connectivity index (χ1n) is 8.54. The Morgan fingerprint density at radius 2 is 1.68 bits per heavy atom. The molecule has 1 heterocycles. The van der Waals surface area contributed by atoms with Gasteiger partial charge in [0.25, 0.3) is 0 Å². The summed E-state index contributed by atoms with van der Waals surface area (Å²) in [5, 5.41) is 31.0. The van der Waals surface area contributed by atoms with Gasteiger partial charge in [-0.25, -0.2) is 4.79 Å². The molecule has 1 unspecified atom stereocenters. The third kappa shape index (κ3) is 3.17. The van der Waals surface area contributed by atoms with Crippen LogP contribution in [0.25, 0.3) is 22.5 Å². The van der Waals surface area contributed by atoms with E-state index >= 15 is 0 Å². The van der Waals surface area contributed by atoms with Crippen LogP contribution in [0.3, 0.4) is 0 Å². The number of halogens is 1. The number of phenolic OH excluding ortho intramolecular Hbond substituents is 1. The van der Waals surface area contributed by atoms with Gasteiger partial charge in [0.1, 0.15) is 17.3 Å². The molecule has 28 heavy (non-hydrogen) atoms. The van der Waals surface area contributed by atoms with E-state index in [9.17, 15) is 24.9 Å². The molecule has 1 atom stereocenters. The van der Waals surface area contributed by atoms with Crippen LogP contribution in [-0.4, -0.2) is 27.2 Å². The van der Waals surface area contributed by atoms with E-state index in [0.29, 0.717) is 27.3 Å². The summed E-state index contributed by atoms with van der Waals surface area (Å²) in [4.78, 5) is 24.3. The molecular formula is C21H15ClO6. The van der Waals surface area contributed by atoms with Gasteiger partial charge in [-0.05, 0) is 34.9 Å². The molecule has 1 aliphatic rings. The van der Waals surface area contributed by atoms with E-state index in [2.05, 4.69) is 0 Å². The monoisotopic (exact) mass is 398 g/mol. The molecule has 0 fully saturated rings. The number of rotatable bonds is 2. The fourth-order valence-corrected chi connectivity index (χ4v) is 3.71. The third-order valence-corrected chi connectivity index (χ3v) is 4.96. The lowest BCUT2D eigenvalue weighted by molar-refractivity contribution is 0.0850. The number of aliphatic hydroxyl groups excluding tert-OH is 1. The number of aliphatic hydroxyl groups is 1. The first kappa shape index (κ1) is 18.3. The average molecular weight is 399 g/mol. The van der Waals surface area contributed by atoms with Crippen molar-refractivity contribution in [3.05, 3.63) is 69.0 Å². The number of carbonyl (C=O) groups excluding carboxylic acids is 1. The molecule has 0 spiro atoms. The van der Waals surface area contributed by atoms with E-state index in [-0.39, 0.29) is 35.7 Å². The van der Waals surface area contributed by atoms with Crippen molar-refractivity contribution >= 4 is 17.4 Å². The maximum absolute atomic E-state index is 12.4. The topological polar surface area (TPSA) is 108 Å². The second-order valence-electron chi connectivity index (χ2n) is 6.66. The van der Waals surface area contributed by atoms with Crippen LogP contribution in [0.15, 0.2) is 51.7 Å². The normalized spacial score (nSPS) is 16.1. The van der Waals surface area contributed by atoms with Crippen molar-refractivity contribution in [3.8, 4) is 33.9 Å². The third-order valence-electron chi connectivity index (χ3n) is 4.71. The first-order valence-corrected chi connectivity index (χ1v) is 8.92. The summed E-state index contributed by atoms with van der Waals surface area (Å²) in [5.74, 6) is -0.883. The fraction of sp³-hybridized carbons (Fsp3) is 0.143. The lowest BCUT2D eigenvalue weighted by Gasteiger charge is -2.25. The van der Waals surface area contributed by atoms with Gasteiger partial charge >= 0.3 is 5.63 Å². The Hall–Kier alpha value is -3.09. The van der Waals surface area contributed by atoms with Gasteiger partial charge in [0.2, 0.25) is 0 Å². The van der Waals surface area contributed by atoms with E-state index in [1.54, 1.807) is 24.3 Å². The van der Waals surface area contributed by atoms with Gasteiger partial charge in [-0.1, -0.05) is 23.7 Å². The molecule has 0 amide bonds. The summed E-state index contributed by atoms with van der Waals surface area (Å²) in [5.41, 5.74) is 1.17. The minimum Gasteiger partial charge on any atom is -0.508 e. The molecule has 0 saturated carbocycles. The second kappa shape index (κ2) is 6.82. The van der Waals surface area contributed by atoms with Crippen molar-refractivity contribution in [3.63, 3.8) is 0 Å². The van der Waals surface area contributed by atoms with Crippen LogP contribution in [0.5, 0.6) is 11.5 Å². The van der Waals surface area contributed by atoms with Crippen molar-refractivity contribution in [1.82, 2.24) is 0 Å². The Morgan fingerprint density at radius 3 is 2.36 bits per heavy atom. The van der Waals surface area contributed by atoms with Crippen LogP contribution in [0, 0.1) is 0 Å². The summed E-state index contributed by atoms with van der Waals surface area (Å²) in [6.45, 7) is 0. The summed E-state index contributed by atoms with van der Waals surface area (Å²) in [7, 11) is 0. The van der Waals surface area contributed by atoms with Crippen LogP contribution in [0.2, 0.25) is 5.02 Å². The predicted octanol–water partition coefficient (Wildman–Crippen LogP) is 3.53. The molecule has 2 aromatic carbocycles. The number of hydrogen-bond acceptors (Lipinski definition) is 6. The van der Waals surface area contributed by atoms with Gasteiger partial charge in [0.15, 0.2) is 5.78 Å². The molecule has 3 aromatic rings. The summed E-state index contributed by atoms with van der Waals surface area (Å²) >= 11 is 5.96. The van der Waals surface area contributed by atoms with Crippen molar-refractivity contribution < 1.29 is 24.5 Å². The van der Waals surface area contributed by atoms with E-state index in [1.165, 1.54) is 12.1 Å². The number of carbonyl (C=O) groups is 1. The number of ketones is 1. The zero-order valence-electron chi connectivity index (χ0n) is 14.5. The zero-order valence-corrected chi connectivity index (χ0v) is 15.2. The fourth-order valence-electron chi connectivity index (χ4n) is 3.59. The standard InChI is InChI=1S/C21H15ClO6/c22-11-3-1-10(2-4-11)14-9-17(26)21-15(5-12(23)6-16(21)25)20(14)18-7-13(24)8-19(27)28-18/h1-4,7-9,12,23-24,26H,5-6H2. The highest BCUT2D eigenvalue weighted by Gasteiger charge is 2.32. The first-order chi connectivity index (χ1) is 13.3. The second-order valence-corrected chi connectivity index (χ2v) is 7.10. The molecule has 4 rings (SSSR count). The smallest absolute Gasteiger partial charge is 0.339 e. The number of Topliss-reactive ketones (excluding diaryl/α,β-unsaturated/α-hetero) is 1. The highest BCUT2D eigenvalue weighted by Crippen LogP contribution is 2.44. The quantitative estimate of drug-likeness (QED) is 0.609. The molecule has 3 N–H and O–H groups in total. The molecule has 0 saturated heterocycles. The van der Waals surface area contributed by atoms with Crippen molar-refractivity contribution in [2.75, 3.05) is 0 Å². The molecule has 0 radical (unpaired) electrons. The van der Waals surface area contributed by atoms with Gasteiger partial charge in [0.05, 0.1) is 17.7 Å². The van der Waals surface area contributed by atoms with Gasteiger partial charge in [-0.2, -0.15) is 0 Å². The SMILES string of the molecule is O=C1CC(O)Cc2c1c(O)cc(-c1ccc(Cl)cc1)c2-c1cc(O)cc(=O)o1. The summed E-state index contributed by atoms with van der Waals surface area (Å²) in [6, 6.07) is 10.4. The van der Waals surface area contributed by atoms with E-state index in [4.69, 9.17) is 16.0 Å². The summed E-state index contributed by atoms with van der Waals surface area (Å²) in [6.07, 6.45) is -0.947. The minimum absolute atomic E-state index is 0.0353. The van der Waals surface area contributed by atoms with Crippen molar-refractivity contribution in [1.29, 1.82) is 0 Å². The number of hydrogen-bond donors (Lipinski definition) is 3. The molecule has 6 nitrogen and oxygen atoms in total. The van der Waals surface area contributed by atoms with Gasteiger partial charge in [0, 0.05) is 29.5 Å². The lowest BCUT2D eigenvalue weighted by Crippen LogP contribution is -2.25. The highest BCUT2D eigenvalue weighted by atomic mass is 35.5. The highest BCUT2D eigenvalue weighted by molar-refractivity contribution is 6.30. The maximum atomic E-state index is 12.4. The molecule has 1 aromatic heterocycles. The number of fused-ring (bicyclic) bond motifs is 1. The van der Waals surface area contributed by atoms with Gasteiger partial charge in [-0.15, -0.1) is 0 Å². The zero-order chi connectivity index (χ0) is 20.0. The molecular weight excluding hydrogens is 384 g/mol. The Bertz CT molecular complexity index is 1150. The Kier molecular flexibility index (Phi) is 4.45. The number of benzene rings is 2. The molecule has 0 bridgehead atoms. The van der Waals surface area contributed by atoms with Crippen molar-refractivity contribution in [2.45, 2.75) is 18.9 Å². The van der Waals surface area contributed by atoms with Crippen LogP contribution in [0.4, 0.5) is 0 Å². The Morgan fingerprint density at radius 1 is 0.964 bits per heavy atom. The van der Waals surface area contributed by atoms with Crippen LogP contribution in [0.1, 0.15) is 22.3 Å². The molecule has 142 valence electrons. The largest absolute Gasteiger partial charge is 0.508 e. The molecule has 7 heteroatoms. The average Bonchev–Trinajstić information content (AvgIpc) is 2.60. The Labute approximate surface area is 164 Å².